The van der Waals surface area contributed by atoms with Crippen LogP contribution in [0.2, 0.25) is 0 Å². The van der Waals surface area contributed by atoms with Crippen molar-refractivity contribution in [1.82, 2.24) is 9.88 Å². The summed E-state index contributed by atoms with van der Waals surface area (Å²) in [7, 11) is 3.27. The van der Waals surface area contributed by atoms with E-state index < -0.39 is 0 Å². The van der Waals surface area contributed by atoms with Crippen molar-refractivity contribution in [1.29, 1.82) is 0 Å². The molecule has 2 aromatic carbocycles. The van der Waals surface area contributed by atoms with Crippen molar-refractivity contribution in [2.24, 2.45) is 0 Å². The number of aryl methyl sites for hydroxylation is 1. The van der Waals surface area contributed by atoms with Crippen LogP contribution in [0.4, 0.5) is 0 Å². The Morgan fingerprint density at radius 3 is 2.79 bits per heavy atom. The second-order valence-corrected chi connectivity index (χ2v) is 8.40. The van der Waals surface area contributed by atoms with E-state index in [9.17, 15) is 4.79 Å². The van der Waals surface area contributed by atoms with Gasteiger partial charge >= 0.3 is 0 Å². The van der Waals surface area contributed by atoms with E-state index in [1.807, 2.05) is 41.3 Å². The van der Waals surface area contributed by atoms with Crippen molar-refractivity contribution in [3.8, 4) is 11.5 Å². The van der Waals surface area contributed by atoms with Crippen LogP contribution >= 0.6 is 11.3 Å². The van der Waals surface area contributed by atoms with Crippen molar-refractivity contribution in [3.63, 3.8) is 0 Å². The Bertz CT molecular complexity index is 968. The molecule has 1 aliphatic rings. The first-order chi connectivity index (χ1) is 14.2. The second kappa shape index (κ2) is 8.82. The van der Waals surface area contributed by atoms with E-state index in [0.29, 0.717) is 17.9 Å². The highest BCUT2D eigenvalue weighted by molar-refractivity contribution is 7.18. The number of carbonyl (C=O) groups is 1. The van der Waals surface area contributed by atoms with Crippen molar-refractivity contribution in [2.45, 2.75) is 38.1 Å². The molecule has 0 bridgehead atoms. The van der Waals surface area contributed by atoms with E-state index in [1.54, 1.807) is 25.6 Å². The van der Waals surface area contributed by atoms with Gasteiger partial charge in [0.2, 0.25) is 5.91 Å². The molecule has 0 spiro atoms. The van der Waals surface area contributed by atoms with E-state index in [4.69, 9.17) is 9.47 Å². The highest BCUT2D eigenvalue weighted by Crippen LogP contribution is 2.37. The van der Waals surface area contributed by atoms with E-state index in [2.05, 4.69) is 11.1 Å². The number of hydrogen-bond acceptors (Lipinski definition) is 5. The molecule has 1 saturated heterocycles. The van der Waals surface area contributed by atoms with Crippen LogP contribution in [0.1, 0.15) is 42.3 Å². The zero-order valence-electron chi connectivity index (χ0n) is 16.9. The maximum Gasteiger partial charge on any atom is 0.223 e. The molecular formula is C23H26N2O3S. The fourth-order valence-electron chi connectivity index (χ4n) is 4.03. The first-order valence-corrected chi connectivity index (χ1v) is 10.9. The summed E-state index contributed by atoms with van der Waals surface area (Å²) in [6.45, 7) is 0.818. The van der Waals surface area contributed by atoms with Gasteiger partial charge < -0.3 is 14.4 Å². The Hall–Kier alpha value is -2.60. The standard InChI is InChI=1S/C23H26N2O3S/c1-27-19-13-12-16(15-20(19)28-2)18-8-6-14-25(18)23(26)11-5-10-22-24-17-7-3-4-9-21(17)29-22/h3-4,7,9,12-13,15,18H,5-6,8,10-11,14H2,1-2H3/t18-/m1/s1. The molecule has 29 heavy (non-hydrogen) atoms. The van der Waals surface area contributed by atoms with E-state index in [-0.39, 0.29) is 11.9 Å². The molecule has 0 N–H and O–H groups in total. The van der Waals surface area contributed by atoms with Gasteiger partial charge in [0, 0.05) is 13.0 Å². The smallest absolute Gasteiger partial charge is 0.223 e. The van der Waals surface area contributed by atoms with Crippen LogP contribution in [0.3, 0.4) is 0 Å². The number of benzene rings is 2. The number of amides is 1. The number of nitrogens with zero attached hydrogens (tertiary/aromatic N) is 2. The molecule has 1 aliphatic heterocycles. The summed E-state index contributed by atoms with van der Waals surface area (Å²) < 4.78 is 12.0. The van der Waals surface area contributed by atoms with Gasteiger partial charge in [-0.15, -0.1) is 11.3 Å². The van der Waals surface area contributed by atoms with Gasteiger partial charge in [0.25, 0.3) is 0 Å². The molecule has 4 rings (SSSR count). The predicted octanol–water partition coefficient (Wildman–Crippen LogP) is 5.00. The minimum atomic E-state index is 0.116. The third kappa shape index (κ3) is 4.22. The quantitative estimate of drug-likeness (QED) is 0.550. The fraction of sp³-hybridized carbons (Fsp3) is 0.391. The Kier molecular flexibility index (Phi) is 6.00. The number of methoxy groups -OCH3 is 2. The lowest BCUT2D eigenvalue weighted by Gasteiger charge is -2.26. The number of para-hydroxylation sites is 1. The monoisotopic (exact) mass is 410 g/mol. The van der Waals surface area contributed by atoms with Crippen LogP contribution < -0.4 is 9.47 Å². The van der Waals surface area contributed by atoms with Gasteiger partial charge in [-0.1, -0.05) is 18.2 Å². The topological polar surface area (TPSA) is 51.7 Å². The average Bonchev–Trinajstić information content (AvgIpc) is 3.40. The molecular weight excluding hydrogens is 384 g/mol. The van der Waals surface area contributed by atoms with Crippen LogP contribution in [0.5, 0.6) is 11.5 Å². The van der Waals surface area contributed by atoms with Gasteiger partial charge in [-0.25, -0.2) is 4.98 Å². The lowest BCUT2D eigenvalue weighted by atomic mass is 10.0. The summed E-state index contributed by atoms with van der Waals surface area (Å²) in [5.41, 5.74) is 2.16. The molecule has 1 fully saturated rings. The number of likely N-dealkylation sites (tertiary alicyclic amines) is 1. The lowest BCUT2D eigenvalue weighted by Crippen LogP contribution is -2.30. The largest absolute Gasteiger partial charge is 0.493 e. The maximum atomic E-state index is 12.9. The Morgan fingerprint density at radius 2 is 2.00 bits per heavy atom. The number of hydrogen-bond donors (Lipinski definition) is 0. The minimum absolute atomic E-state index is 0.116. The molecule has 0 unspecified atom stereocenters. The SMILES string of the molecule is COc1ccc([C@H]2CCCN2C(=O)CCCc2nc3ccccc3s2)cc1OC. The summed E-state index contributed by atoms with van der Waals surface area (Å²) in [4.78, 5) is 19.6. The Labute approximate surface area is 175 Å². The number of carbonyl (C=O) groups excluding carboxylic acids is 1. The van der Waals surface area contributed by atoms with Gasteiger partial charge in [0.05, 0.1) is 35.5 Å². The molecule has 152 valence electrons. The van der Waals surface area contributed by atoms with Crippen molar-refractivity contribution < 1.29 is 14.3 Å². The van der Waals surface area contributed by atoms with E-state index in [1.165, 1.54) is 4.70 Å². The lowest BCUT2D eigenvalue weighted by molar-refractivity contribution is -0.132. The number of rotatable bonds is 7. The number of aromatic nitrogens is 1. The normalized spacial score (nSPS) is 16.3. The van der Waals surface area contributed by atoms with Gasteiger partial charge in [-0.05, 0) is 55.5 Å². The molecule has 6 heteroatoms. The number of fused-ring (bicyclic) bond motifs is 1. The first-order valence-electron chi connectivity index (χ1n) is 10.1. The number of thiazole rings is 1. The summed E-state index contributed by atoms with van der Waals surface area (Å²) in [5, 5.41) is 1.11. The molecule has 1 amide bonds. The summed E-state index contributed by atoms with van der Waals surface area (Å²) in [5.74, 6) is 1.64. The highest BCUT2D eigenvalue weighted by atomic mass is 32.1. The molecule has 1 aromatic heterocycles. The van der Waals surface area contributed by atoms with Crippen LogP contribution in [-0.2, 0) is 11.2 Å². The third-order valence-electron chi connectivity index (χ3n) is 5.48. The number of ether oxygens (including phenoxy) is 2. The predicted molar refractivity (Wildman–Crippen MR) is 116 cm³/mol. The van der Waals surface area contributed by atoms with E-state index in [0.717, 1.165) is 48.3 Å². The van der Waals surface area contributed by atoms with Crippen LogP contribution in [-0.4, -0.2) is 36.6 Å². The summed E-state index contributed by atoms with van der Waals surface area (Å²) in [6.07, 6.45) is 4.25. The Balaban J connectivity index is 1.38. The molecule has 0 radical (unpaired) electrons. The summed E-state index contributed by atoms with van der Waals surface area (Å²) in [6, 6.07) is 14.3. The van der Waals surface area contributed by atoms with Crippen LogP contribution in [0.15, 0.2) is 42.5 Å². The van der Waals surface area contributed by atoms with Crippen molar-refractivity contribution >= 4 is 27.5 Å². The second-order valence-electron chi connectivity index (χ2n) is 7.29. The summed E-state index contributed by atoms with van der Waals surface area (Å²) >= 11 is 1.72. The molecule has 1 atom stereocenters. The van der Waals surface area contributed by atoms with Crippen LogP contribution in [0, 0.1) is 0 Å². The maximum absolute atomic E-state index is 12.9. The first kappa shape index (κ1) is 19.7. The van der Waals surface area contributed by atoms with Crippen molar-refractivity contribution in [3.05, 3.63) is 53.0 Å². The third-order valence-corrected chi connectivity index (χ3v) is 6.58. The zero-order chi connectivity index (χ0) is 20.2. The Morgan fingerprint density at radius 1 is 1.17 bits per heavy atom. The molecule has 3 aromatic rings. The highest BCUT2D eigenvalue weighted by Gasteiger charge is 2.30. The fourth-order valence-corrected chi connectivity index (χ4v) is 5.04. The molecule has 0 aliphatic carbocycles. The van der Waals surface area contributed by atoms with Gasteiger partial charge in [-0.3, -0.25) is 4.79 Å². The van der Waals surface area contributed by atoms with Crippen molar-refractivity contribution in [2.75, 3.05) is 20.8 Å². The molecule has 5 nitrogen and oxygen atoms in total. The van der Waals surface area contributed by atoms with Gasteiger partial charge in [0.1, 0.15) is 0 Å². The van der Waals surface area contributed by atoms with E-state index >= 15 is 0 Å². The average molecular weight is 411 g/mol. The zero-order valence-corrected chi connectivity index (χ0v) is 17.7. The van der Waals surface area contributed by atoms with Gasteiger partial charge in [-0.2, -0.15) is 0 Å². The van der Waals surface area contributed by atoms with Crippen LogP contribution in [0.25, 0.3) is 10.2 Å². The molecule has 0 saturated carbocycles. The van der Waals surface area contributed by atoms with Gasteiger partial charge in [0.15, 0.2) is 11.5 Å². The molecule has 2 heterocycles. The minimum Gasteiger partial charge on any atom is -0.493 e.